The van der Waals surface area contributed by atoms with Crippen LogP contribution in [0.1, 0.15) is 6.92 Å². The molecule has 0 aliphatic heterocycles. The Labute approximate surface area is 61.6 Å². The molecular weight excluding hydrogens is 185 g/mol. The first-order valence-electron chi connectivity index (χ1n) is 2.42. The van der Waals surface area contributed by atoms with Crippen molar-refractivity contribution in [3.05, 3.63) is 12.3 Å². The van der Waals surface area contributed by atoms with Gasteiger partial charge in [-0.1, -0.05) is 6.08 Å². The molecule has 0 fully saturated rings. The molecule has 0 rings (SSSR count). The zero-order valence-corrected chi connectivity index (χ0v) is 6.24. The molecule has 0 spiro atoms. The lowest BCUT2D eigenvalue weighted by atomic mass is 10.8. The minimum atomic E-state index is -5.45. The Balaban J connectivity index is 4.50. The highest BCUT2D eigenvalue weighted by molar-refractivity contribution is 7.87. The minimum Gasteiger partial charge on any atom is -0.384 e. The van der Waals surface area contributed by atoms with Gasteiger partial charge in [0.25, 0.3) is 0 Å². The van der Waals surface area contributed by atoms with Crippen molar-refractivity contribution < 1.29 is 25.8 Å². The standard InChI is InChI=1S/C4H5F3O3S/c1-2-3-10-11(8,9)4(5,6)7/h2-3H,1H3/b3-2+. The normalized spacial score (nSPS) is 13.8. The summed E-state index contributed by atoms with van der Waals surface area (Å²) in [7, 11) is -5.45. The van der Waals surface area contributed by atoms with Crippen LogP contribution in [0.2, 0.25) is 0 Å². The van der Waals surface area contributed by atoms with Crippen molar-refractivity contribution in [1.82, 2.24) is 0 Å². The van der Waals surface area contributed by atoms with Gasteiger partial charge in [0.2, 0.25) is 0 Å². The van der Waals surface area contributed by atoms with Crippen LogP contribution in [0.5, 0.6) is 0 Å². The topological polar surface area (TPSA) is 43.4 Å². The van der Waals surface area contributed by atoms with E-state index in [0.29, 0.717) is 6.26 Å². The van der Waals surface area contributed by atoms with Crippen molar-refractivity contribution in [2.24, 2.45) is 0 Å². The maximum absolute atomic E-state index is 11.4. The zero-order chi connectivity index (χ0) is 9.12. The number of hydrogen-bond acceptors (Lipinski definition) is 3. The van der Waals surface area contributed by atoms with E-state index in [1.165, 1.54) is 6.92 Å². The van der Waals surface area contributed by atoms with Crippen LogP contribution in [0.25, 0.3) is 0 Å². The van der Waals surface area contributed by atoms with Gasteiger partial charge in [-0.25, -0.2) is 0 Å². The Kier molecular flexibility index (Phi) is 2.92. The summed E-state index contributed by atoms with van der Waals surface area (Å²) in [6, 6.07) is 0. The molecule has 0 bridgehead atoms. The van der Waals surface area contributed by atoms with Crippen molar-refractivity contribution in [2.45, 2.75) is 12.4 Å². The van der Waals surface area contributed by atoms with Crippen LogP contribution in [0.4, 0.5) is 13.2 Å². The van der Waals surface area contributed by atoms with Crippen molar-refractivity contribution >= 4 is 10.1 Å². The van der Waals surface area contributed by atoms with Gasteiger partial charge >= 0.3 is 15.6 Å². The van der Waals surface area contributed by atoms with Crippen LogP contribution in [0, 0.1) is 0 Å². The van der Waals surface area contributed by atoms with Crippen LogP contribution in [-0.4, -0.2) is 13.9 Å². The van der Waals surface area contributed by atoms with E-state index in [1.807, 2.05) is 0 Å². The summed E-state index contributed by atoms with van der Waals surface area (Å²) in [5, 5.41) is 0. The number of allylic oxidation sites excluding steroid dienone is 1. The second kappa shape index (κ2) is 3.12. The molecule has 0 aliphatic carbocycles. The second-order valence-electron chi connectivity index (χ2n) is 1.47. The van der Waals surface area contributed by atoms with E-state index in [2.05, 4.69) is 4.18 Å². The number of hydrogen-bond donors (Lipinski definition) is 0. The molecule has 7 heteroatoms. The highest BCUT2D eigenvalue weighted by atomic mass is 32.2. The molecule has 0 aromatic carbocycles. The van der Waals surface area contributed by atoms with Gasteiger partial charge in [0, 0.05) is 0 Å². The van der Waals surface area contributed by atoms with Crippen molar-refractivity contribution in [2.75, 3.05) is 0 Å². The highest BCUT2D eigenvalue weighted by Gasteiger charge is 2.47. The lowest BCUT2D eigenvalue weighted by molar-refractivity contribution is -0.0514. The van der Waals surface area contributed by atoms with Gasteiger partial charge in [0.15, 0.2) is 0 Å². The molecule has 0 aliphatic rings. The molecule has 0 heterocycles. The molecule has 0 saturated heterocycles. The Morgan fingerprint density at radius 1 is 1.36 bits per heavy atom. The van der Waals surface area contributed by atoms with E-state index in [0.717, 1.165) is 6.08 Å². The first-order valence-corrected chi connectivity index (χ1v) is 3.83. The Morgan fingerprint density at radius 3 is 2.09 bits per heavy atom. The largest absolute Gasteiger partial charge is 0.534 e. The number of halogens is 3. The third kappa shape index (κ3) is 2.79. The van der Waals surface area contributed by atoms with Crippen LogP contribution < -0.4 is 0 Å². The average molecular weight is 190 g/mol. The van der Waals surface area contributed by atoms with E-state index >= 15 is 0 Å². The fourth-order valence-corrected chi connectivity index (χ4v) is 0.550. The SMILES string of the molecule is C/C=C/OS(=O)(=O)C(F)(F)F. The summed E-state index contributed by atoms with van der Waals surface area (Å²) in [5.74, 6) is 0. The molecule has 0 aromatic heterocycles. The molecule has 0 atom stereocenters. The molecule has 0 unspecified atom stereocenters. The molecule has 0 radical (unpaired) electrons. The fourth-order valence-electron chi connectivity index (χ4n) is 0.183. The molecule has 3 nitrogen and oxygen atoms in total. The minimum absolute atomic E-state index is 0.447. The third-order valence-corrected chi connectivity index (χ3v) is 1.53. The summed E-state index contributed by atoms with van der Waals surface area (Å²) >= 11 is 0. The molecule has 0 aromatic rings. The maximum atomic E-state index is 11.4. The van der Waals surface area contributed by atoms with Crippen LogP contribution >= 0.6 is 0 Å². The van der Waals surface area contributed by atoms with Crippen molar-refractivity contribution in [1.29, 1.82) is 0 Å². The van der Waals surface area contributed by atoms with Gasteiger partial charge in [0.05, 0.1) is 0 Å². The highest BCUT2D eigenvalue weighted by Crippen LogP contribution is 2.24. The van der Waals surface area contributed by atoms with E-state index in [9.17, 15) is 21.6 Å². The Hall–Kier alpha value is -0.720. The fraction of sp³-hybridized carbons (Fsp3) is 0.500. The summed E-state index contributed by atoms with van der Waals surface area (Å²) in [6.07, 6.45) is 1.48. The second-order valence-corrected chi connectivity index (χ2v) is 3.03. The van der Waals surface area contributed by atoms with Gasteiger partial charge in [-0.3, -0.25) is 0 Å². The number of alkyl halides is 3. The van der Waals surface area contributed by atoms with Crippen molar-refractivity contribution in [3.63, 3.8) is 0 Å². The Bertz CT molecular complexity index is 238. The lowest BCUT2D eigenvalue weighted by Crippen LogP contribution is -2.23. The molecule has 66 valence electrons. The van der Waals surface area contributed by atoms with Crippen molar-refractivity contribution in [3.8, 4) is 0 Å². The molecule has 11 heavy (non-hydrogen) atoms. The van der Waals surface area contributed by atoms with Gasteiger partial charge in [-0.05, 0) is 6.92 Å². The molecule has 0 amide bonds. The van der Waals surface area contributed by atoms with Gasteiger partial charge in [0.1, 0.15) is 6.26 Å². The molecule has 0 N–H and O–H groups in total. The summed E-state index contributed by atoms with van der Waals surface area (Å²) in [6.45, 7) is 1.33. The third-order valence-electron chi connectivity index (χ3n) is 0.602. The molecular formula is C4H5F3O3S. The van der Waals surface area contributed by atoms with Crippen LogP contribution in [0.3, 0.4) is 0 Å². The summed E-state index contributed by atoms with van der Waals surface area (Å²) in [5.41, 5.74) is -5.35. The predicted octanol–water partition coefficient (Wildman–Crippen LogP) is 1.39. The summed E-state index contributed by atoms with van der Waals surface area (Å²) < 4.78 is 57.7. The van der Waals surface area contributed by atoms with E-state index < -0.39 is 15.6 Å². The predicted molar refractivity (Wildman–Crippen MR) is 30.9 cm³/mol. The molecule has 0 saturated carbocycles. The smallest absolute Gasteiger partial charge is 0.384 e. The van der Waals surface area contributed by atoms with E-state index in [1.54, 1.807) is 0 Å². The van der Waals surface area contributed by atoms with Gasteiger partial charge in [-0.2, -0.15) is 21.6 Å². The summed E-state index contributed by atoms with van der Waals surface area (Å²) in [4.78, 5) is 0. The van der Waals surface area contributed by atoms with Gasteiger partial charge in [-0.15, -0.1) is 0 Å². The van der Waals surface area contributed by atoms with Crippen LogP contribution in [0.15, 0.2) is 12.3 Å². The first-order chi connectivity index (χ1) is 4.81. The Morgan fingerprint density at radius 2 is 1.82 bits per heavy atom. The van der Waals surface area contributed by atoms with Crippen LogP contribution in [-0.2, 0) is 14.3 Å². The monoisotopic (exact) mass is 190 g/mol. The van der Waals surface area contributed by atoms with E-state index in [-0.39, 0.29) is 0 Å². The lowest BCUT2D eigenvalue weighted by Gasteiger charge is -2.04. The average Bonchev–Trinajstić information content (AvgIpc) is 1.81. The van der Waals surface area contributed by atoms with Gasteiger partial charge < -0.3 is 4.18 Å². The maximum Gasteiger partial charge on any atom is 0.534 e. The quantitative estimate of drug-likeness (QED) is 0.375. The van der Waals surface area contributed by atoms with E-state index in [4.69, 9.17) is 0 Å². The zero-order valence-electron chi connectivity index (χ0n) is 5.42. The first kappa shape index (κ1) is 10.3. The number of rotatable bonds is 2.